The monoisotopic (exact) mass is 532 g/mol. The van der Waals surface area contributed by atoms with Crippen LogP contribution in [0.4, 0.5) is 13.2 Å². The van der Waals surface area contributed by atoms with Crippen LogP contribution in [0.25, 0.3) is 0 Å². The molecule has 0 fully saturated rings. The number of aliphatic imine (C=N–C) groups is 1. The number of pyridine rings is 1. The number of hydrogen-bond acceptors (Lipinski definition) is 4. The van der Waals surface area contributed by atoms with Crippen LogP contribution in [-0.4, -0.2) is 48.5 Å². The molecule has 1 aromatic heterocycles. The van der Waals surface area contributed by atoms with E-state index in [1.54, 1.807) is 6.07 Å². The Balaban J connectivity index is 0.00000784. The topological polar surface area (TPSA) is 78.8 Å². The molecule has 0 aliphatic heterocycles. The summed E-state index contributed by atoms with van der Waals surface area (Å²) in [6, 6.07) is 3.13. The van der Waals surface area contributed by atoms with Gasteiger partial charge in [-0.15, -0.1) is 24.0 Å². The van der Waals surface area contributed by atoms with Crippen LogP contribution in [0.2, 0.25) is 0 Å². The smallest absolute Gasteiger partial charge is 0.422 e. The molecule has 1 heterocycles. The number of aliphatic hydroxyl groups is 1. The number of guanidine groups is 1. The number of alkyl halides is 3. The third-order valence-electron chi connectivity index (χ3n) is 3.85. The third-order valence-corrected chi connectivity index (χ3v) is 3.85. The van der Waals surface area contributed by atoms with Gasteiger partial charge in [0, 0.05) is 32.0 Å². The maximum Gasteiger partial charge on any atom is 0.422 e. The first-order valence-corrected chi connectivity index (χ1v) is 9.51. The molecule has 0 bridgehead atoms. The Morgan fingerprint density at radius 1 is 1.31 bits per heavy atom. The lowest BCUT2D eigenvalue weighted by Gasteiger charge is -2.20. The van der Waals surface area contributed by atoms with E-state index in [0.717, 1.165) is 12.8 Å². The van der Waals surface area contributed by atoms with Crippen molar-refractivity contribution in [1.29, 1.82) is 0 Å². The number of rotatable bonds is 11. The van der Waals surface area contributed by atoms with Crippen molar-refractivity contribution in [3.63, 3.8) is 0 Å². The van der Waals surface area contributed by atoms with E-state index >= 15 is 0 Å². The van der Waals surface area contributed by atoms with Gasteiger partial charge in [-0.1, -0.05) is 13.8 Å². The zero-order chi connectivity index (χ0) is 21.0. The standard InChI is InChI=1S/C19H31F3N4O2.HI/c1-4-23-18(26-12-16(6-8-27)9-14(2)3)25-11-15-5-7-24-17(10-15)28-13-19(20,21)22;/h5,7,10,14,16,27H,4,6,8-9,11-13H2,1-3H3,(H2,23,25,26);1H. The van der Waals surface area contributed by atoms with E-state index in [-0.39, 0.29) is 43.0 Å². The van der Waals surface area contributed by atoms with E-state index in [9.17, 15) is 18.3 Å². The lowest BCUT2D eigenvalue weighted by atomic mass is 9.94. The van der Waals surface area contributed by atoms with Crippen LogP contribution in [0.3, 0.4) is 0 Å². The predicted octanol–water partition coefficient (Wildman–Crippen LogP) is 3.74. The van der Waals surface area contributed by atoms with Crippen molar-refractivity contribution in [2.45, 2.75) is 46.3 Å². The average Bonchev–Trinajstić information content (AvgIpc) is 2.61. The van der Waals surface area contributed by atoms with Crippen molar-refractivity contribution >= 4 is 29.9 Å². The van der Waals surface area contributed by atoms with Gasteiger partial charge in [0.15, 0.2) is 12.6 Å². The number of nitrogens with zero attached hydrogens (tertiary/aromatic N) is 2. The fourth-order valence-corrected chi connectivity index (χ4v) is 2.69. The number of aliphatic hydroxyl groups excluding tert-OH is 1. The van der Waals surface area contributed by atoms with Crippen molar-refractivity contribution < 1.29 is 23.0 Å². The summed E-state index contributed by atoms with van der Waals surface area (Å²) in [4.78, 5) is 8.26. The molecule has 0 radical (unpaired) electrons. The highest BCUT2D eigenvalue weighted by Crippen LogP contribution is 2.18. The molecule has 0 aromatic carbocycles. The normalized spacial score (nSPS) is 13.0. The van der Waals surface area contributed by atoms with Crippen LogP contribution in [0.15, 0.2) is 23.3 Å². The van der Waals surface area contributed by atoms with Gasteiger partial charge >= 0.3 is 6.18 Å². The van der Waals surface area contributed by atoms with Crippen LogP contribution in [0.1, 0.15) is 39.2 Å². The summed E-state index contributed by atoms with van der Waals surface area (Å²) < 4.78 is 41.4. The SMILES string of the molecule is CCNC(=NCc1ccnc(OCC(F)(F)F)c1)NCC(CCO)CC(C)C.I. The average molecular weight is 532 g/mol. The summed E-state index contributed by atoms with van der Waals surface area (Å²) in [5.74, 6) is 1.40. The molecule has 0 saturated heterocycles. The molecule has 10 heteroatoms. The first-order valence-electron chi connectivity index (χ1n) is 9.51. The van der Waals surface area contributed by atoms with E-state index in [0.29, 0.717) is 36.4 Å². The minimum Gasteiger partial charge on any atom is -0.468 e. The molecule has 0 spiro atoms. The molecule has 3 N–H and O–H groups in total. The molecular weight excluding hydrogens is 500 g/mol. The number of hydrogen-bond donors (Lipinski definition) is 3. The molecule has 1 aromatic rings. The summed E-state index contributed by atoms with van der Waals surface area (Å²) in [6.45, 7) is 6.64. The van der Waals surface area contributed by atoms with Gasteiger partial charge in [0.1, 0.15) is 0 Å². The van der Waals surface area contributed by atoms with E-state index in [1.165, 1.54) is 12.3 Å². The summed E-state index contributed by atoms with van der Waals surface area (Å²) in [6.07, 6.45) is -1.29. The second-order valence-electron chi connectivity index (χ2n) is 6.99. The number of nitrogens with one attached hydrogen (secondary N) is 2. The minimum atomic E-state index is -4.40. The molecule has 1 rings (SSSR count). The number of ether oxygens (including phenoxy) is 1. The molecule has 29 heavy (non-hydrogen) atoms. The molecule has 1 atom stereocenters. The van der Waals surface area contributed by atoms with Crippen molar-refractivity contribution in [2.75, 3.05) is 26.3 Å². The van der Waals surface area contributed by atoms with E-state index in [4.69, 9.17) is 0 Å². The van der Waals surface area contributed by atoms with Crippen LogP contribution in [0.5, 0.6) is 5.88 Å². The summed E-state index contributed by atoms with van der Waals surface area (Å²) >= 11 is 0. The van der Waals surface area contributed by atoms with E-state index in [1.807, 2.05) is 6.92 Å². The Labute approximate surface area is 187 Å². The van der Waals surface area contributed by atoms with Crippen LogP contribution >= 0.6 is 24.0 Å². The van der Waals surface area contributed by atoms with Crippen LogP contribution in [-0.2, 0) is 6.54 Å². The molecule has 0 amide bonds. The molecule has 168 valence electrons. The second kappa shape index (κ2) is 14.6. The fourth-order valence-electron chi connectivity index (χ4n) is 2.69. The first kappa shape index (κ1) is 27.7. The fraction of sp³-hybridized carbons (Fsp3) is 0.684. The second-order valence-corrected chi connectivity index (χ2v) is 6.99. The van der Waals surface area contributed by atoms with Gasteiger partial charge in [0.05, 0.1) is 6.54 Å². The summed E-state index contributed by atoms with van der Waals surface area (Å²) in [7, 11) is 0. The molecule has 6 nitrogen and oxygen atoms in total. The van der Waals surface area contributed by atoms with Crippen molar-refractivity contribution in [3.05, 3.63) is 23.9 Å². The first-order chi connectivity index (χ1) is 13.2. The van der Waals surface area contributed by atoms with Crippen LogP contribution in [0, 0.1) is 11.8 Å². The molecule has 0 aliphatic rings. The number of halogens is 4. The maximum atomic E-state index is 12.3. The van der Waals surface area contributed by atoms with Gasteiger partial charge in [-0.2, -0.15) is 13.2 Å². The summed E-state index contributed by atoms with van der Waals surface area (Å²) in [5, 5.41) is 15.6. The van der Waals surface area contributed by atoms with Gasteiger partial charge in [0.2, 0.25) is 5.88 Å². The van der Waals surface area contributed by atoms with Gasteiger partial charge < -0.3 is 20.5 Å². The van der Waals surface area contributed by atoms with Gasteiger partial charge in [0.25, 0.3) is 0 Å². The molecule has 0 saturated carbocycles. The quantitative estimate of drug-likeness (QED) is 0.230. The molecular formula is C19H32F3IN4O2. The van der Waals surface area contributed by atoms with E-state index < -0.39 is 12.8 Å². The predicted molar refractivity (Wildman–Crippen MR) is 119 cm³/mol. The highest BCUT2D eigenvalue weighted by Gasteiger charge is 2.28. The highest BCUT2D eigenvalue weighted by atomic mass is 127. The lowest BCUT2D eigenvalue weighted by molar-refractivity contribution is -0.154. The Hall–Kier alpha value is -1.30. The van der Waals surface area contributed by atoms with E-state index in [2.05, 4.69) is 39.2 Å². The summed E-state index contributed by atoms with van der Waals surface area (Å²) in [5.41, 5.74) is 0.693. The highest BCUT2D eigenvalue weighted by molar-refractivity contribution is 14.0. The maximum absolute atomic E-state index is 12.3. The van der Waals surface area contributed by atoms with Crippen molar-refractivity contribution in [1.82, 2.24) is 15.6 Å². The van der Waals surface area contributed by atoms with Gasteiger partial charge in [-0.05, 0) is 43.2 Å². The third kappa shape index (κ3) is 13.5. The van der Waals surface area contributed by atoms with Gasteiger partial charge in [-0.25, -0.2) is 9.98 Å². The van der Waals surface area contributed by atoms with Crippen molar-refractivity contribution in [2.24, 2.45) is 16.8 Å². The lowest BCUT2D eigenvalue weighted by Crippen LogP contribution is -2.40. The Kier molecular flexibility index (Phi) is 14.0. The molecule has 0 aliphatic carbocycles. The largest absolute Gasteiger partial charge is 0.468 e. The Morgan fingerprint density at radius 2 is 2.03 bits per heavy atom. The van der Waals surface area contributed by atoms with Gasteiger partial charge in [-0.3, -0.25) is 0 Å². The molecule has 1 unspecified atom stereocenters. The minimum absolute atomic E-state index is 0. The Bertz CT molecular complexity index is 601. The van der Waals surface area contributed by atoms with Crippen molar-refractivity contribution in [3.8, 4) is 5.88 Å². The Morgan fingerprint density at radius 3 is 2.62 bits per heavy atom. The number of aromatic nitrogens is 1. The zero-order valence-electron chi connectivity index (χ0n) is 17.1. The zero-order valence-corrected chi connectivity index (χ0v) is 19.5. The van der Waals surface area contributed by atoms with Crippen LogP contribution < -0.4 is 15.4 Å².